The summed E-state index contributed by atoms with van der Waals surface area (Å²) in [6.45, 7) is 2.78. The van der Waals surface area contributed by atoms with Crippen LogP contribution in [0.15, 0.2) is 18.2 Å². The lowest BCUT2D eigenvalue weighted by Crippen LogP contribution is -2.11. The Morgan fingerprint density at radius 1 is 1.40 bits per heavy atom. The molecule has 0 aliphatic heterocycles. The van der Waals surface area contributed by atoms with Gasteiger partial charge in [0.05, 0.1) is 0 Å². The Hall–Kier alpha value is -1.73. The van der Waals surface area contributed by atoms with Gasteiger partial charge in [-0.25, -0.2) is 4.39 Å². The molecule has 0 fully saturated rings. The molecule has 106 valence electrons. The number of carbonyl (C=O) groups is 1. The third kappa shape index (κ3) is 3.88. The van der Waals surface area contributed by atoms with Crippen LogP contribution in [0.1, 0.15) is 23.1 Å². The fraction of sp³-hybridized carbons (Fsp3) is 0.250. The summed E-state index contributed by atoms with van der Waals surface area (Å²) in [6, 6.07) is 3.80. The first-order valence-corrected chi connectivity index (χ1v) is 7.12. The van der Waals surface area contributed by atoms with Crippen LogP contribution < -0.4 is 10.6 Å². The van der Waals surface area contributed by atoms with Crippen molar-refractivity contribution in [3.05, 3.63) is 34.0 Å². The molecule has 0 spiro atoms. The van der Waals surface area contributed by atoms with E-state index in [0.717, 1.165) is 30.4 Å². The van der Waals surface area contributed by atoms with Crippen molar-refractivity contribution >= 4 is 39.7 Å². The van der Waals surface area contributed by atoms with Crippen LogP contribution in [0.2, 0.25) is 5.02 Å². The molecule has 1 amide bonds. The largest absolute Gasteiger partial charge is 0.360 e. The van der Waals surface area contributed by atoms with E-state index in [-0.39, 0.29) is 15.7 Å². The molecule has 2 N–H and O–H groups in total. The van der Waals surface area contributed by atoms with Crippen molar-refractivity contribution in [2.24, 2.45) is 0 Å². The Bertz CT molecular complexity index is 599. The molecule has 1 aromatic heterocycles. The zero-order valence-corrected chi connectivity index (χ0v) is 12.2. The SMILES string of the molecule is CCCNc1nnc(C(=O)Nc2cc(F)cc(Cl)c2)s1. The Morgan fingerprint density at radius 2 is 2.20 bits per heavy atom. The summed E-state index contributed by atoms with van der Waals surface area (Å²) >= 11 is 6.85. The van der Waals surface area contributed by atoms with Crippen LogP contribution in [0.5, 0.6) is 0 Å². The third-order valence-electron chi connectivity index (χ3n) is 2.27. The minimum Gasteiger partial charge on any atom is -0.360 e. The summed E-state index contributed by atoms with van der Waals surface area (Å²) in [5, 5.41) is 14.2. The van der Waals surface area contributed by atoms with Crippen molar-refractivity contribution in [1.29, 1.82) is 0 Å². The van der Waals surface area contributed by atoms with Crippen LogP contribution >= 0.6 is 22.9 Å². The van der Waals surface area contributed by atoms with Gasteiger partial charge < -0.3 is 10.6 Å². The number of carbonyl (C=O) groups excluding carboxylic acids is 1. The van der Waals surface area contributed by atoms with Gasteiger partial charge >= 0.3 is 0 Å². The van der Waals surface area contributed by atoms with Crippen LogP contribution in [0.25, 0.3) is 0 Å². The highest BCUT2D eigenvalue weighted by Gasteiger charge is 2.13. The molecular formula is C12H12ClFN4OS. The van der Waals surface area contributed by atoms with Gasteiger partial charge in [0.15, 0.2) is 0 Å². The fourth-order valence-corrected chi connectivity index (χ4v) is 2.32. The second-order valence-electron chi connectivity index (χ2n) is 3.95. The first-order valence-electron chi connectivity index (χ1n) is 5.93. The maximum absolute atomic E-state index is 13.2. The number of amides is 1. The normalized spacial score (nSPS) is 10.3. The van der Waals surface area contributed by atoms with Crippen molar-refractivity contribution in [3.8, 4) is 0 Å². The van der Waals surface area contributed by atoms with E-state index in [0.29, 0.717) is 5.13 Å². The number of nitrogens with one attached hydrogen (secondary N) is 2. The standard InChI is InChI=1S/C12H12ClFN4OS/c1-2-3-15-12-18-17-11(20-12)10(19)16-9-5-7(13)4-8(14)6-9/h4-6H,2-3H2,1H3,(H,15,18)(H,16,19). The van der Waals surface area contributed by atoms with Crippen molar-refractivity contribution in [2.75, 3.05) is 17.2 Å². The molecule has 1 aromatic carbocycles. The zero-order valence-electron chi connectivity index (χ0n) is 10.6. The molecule has 2 aromatic rings. The van der Waals surface area contributed by atoms with E-state index < -0.39 is 11.7 Å². The lowest BCUT2D eigenvalue weighted by Gasteiger charge is -2.03. The Balaban J connectivity index is 2.05. The van der Waals surface area contributed by atoms with Crippen molar-refractivity contribution in [3.63, 3.8) is 0 Å². The molecular weight excluding hydrogens is 303 g/mol. The number of nitrogens with zero attached hydrogens (tertiary/aromatic N) is 2. The summed E-state index contributed by atoms with van der Waals surface area (Å²) in [7, 11) is 0. The molecule has 0 saturated heterocycles. The minimum atomic E-state index is -0.518. The number of hydrogen-bond acceptors (Lipinski definition) is 5. The first kappa shape index (κ1) is 14.7. The van der Waals surface area contributed by atoms with Crippen molar-refractivity contribution < 1.29 is 9.18 Å². The molecule has 5 nitrogen and oxygen atoms in total. The molecule has 8 heteroatoms. The Labute approximate surface area is 124 Å². The molecule has 2 rings (SSSR count). The quantitative estimate of drug-likeness (QED) is 0.887. The maximum atomic E-state index is 13.2. The molecule has 0 saturated carbocycles. The molecule has 0 bridgehead atoms. The van der Waals surface area contributed by atoms with Crippen LogP contribution in [0.3, 0.4) is 0 Å². The highest BCUT2D eigenvalue weighted by molar-refractivity contribution is 7.17. The van der Waals surface area contributed by atoms with Gasteiger partial charge in [0.1, 0.15) is 5.82 Å². The van der Waals surface area contributed by atoms with Crippen molar-refractivity contribution in [1.82, 2.24) is 10.2 Å². The number of halogens is 2. The van der Waals surface area contributed by atoms with Crippen LogP contribution in [-0.2, 0) is 0 Å². The van der Waals surface area contributed by atoms with Gasteiger partial charge in [0, 0.05) is 17.3 Å². The number of hydrogen-bond donors (Lipinski definition) is 2. The van der Waals surface area contributed by atoms with E-state index in [1.54, 1.807) is 0 Å². The summed E-state index contributed by atoms with van der Waals surface area (Å²) in [6.07, 6.45) is 0.947. The Kier molecular flexibility index (Phi) is 4.86. The predicted octanol–water partition coefficient (Wildman–Crippen LogP) is 3.40. The van der Waals surface area contributed by atoms with E-state index in [2.05, 4.69) is 20.8 Å². The molecule has 0 aliphatic rings. The average Bonchev–Trinajstić information content (AvgIpc) is 2.83. The van der Waals surface area contributed by atoms with Gasteiger partial charge in [-0.15, -0.1) is 10.2 Å². The molecule has 0 radical (unpaired) electrons. The van der Waals surface area contributed by atoms with Crippen LogP contribution in [0.4, 0.5) is 15.2 Å². The van der Waals surface area contributed by atoms with Crippen molar-refractivity contribution in [2.45, 2.75) is 13.3 Å². The Morgan fingerprint density at radius 3 is 2.90 bits per heavy atom. The maximum Gasteiger partial charge on any atom is 0.286 e. The van der Waals surface area contributed by atoms with E-state index >= 15 is 0 Å². The number of aromatic nitrogens is 2. The predicted molar refractivity (Wildman–Crippen MR) is 78.1 cm³/mol. The van der Waals surface area contributed by atoms with E-state index in [1.807, 2.05) is 6.92 Å². The van der Waals surface area contributed by atoms with Gasteiger partial charge in [0.25, 0.3) is 5.91 Å². The molecule has 20 heavy (non-hydrogen) atoms. The van der Waals surface area contributed by atoms with E-state index in [9.17, 15) is 9.18 Å². The first-order chi connectivity index (χ1) is 9.58. The highest BCUT2D eigenvalue weighted by atomic mass is 35.5. The van der Waals surface area contributed by atoms with E-state index in [1.165, 1.54) is 12.1 Å². The third-order valence-corrected chi connectivity index (χ3v) is 3.36. The van der Waals surface area contributed by atoms with Gasteiger partial charge in [-0.2, -0.15) is 0 Å². The molecule has 0 aliphatic carbocycles. The second-order valence-corrected chi connectivity index (χ2v) is 5.37. The monoisotopic (exact) mass is 314 g/mol. The molecule has 0 atom stereocenters. The zero-order chi connectivity index (χ0) is 14.5. The van der Waals surface area contributed by atoms with Gasteiger partial charge in [-0.1, -0.05) is 29.9 Å². The van der Waals surface area contributed by atoms with E-state index in [4.69, 9.17) is 11.6 Å². The minimum absolute atomic E-state index is 0.198. The van der Waals surface area contributed by atoms with Crippen LogP contribution in [0, 0.1) is 5.82 Å². The number of benzene rings is 1. The average molecular weight is 315 g/mol. The fourth-order valence-electron chi connectivity index (χ4n) is 1.43. The van der Waals surface area contributed by atoms with Gasteiger partial charge in [-0.3, -0.25) is 4.79 Å². The topological polar surface area (TPSA) is 66.9 Å². The lowest BCUT2D eigenvalue weighted by molar-refractivity contribution is 0.102. The molecule has 1 heterocycles. The van der Waals surface area contributed by atoms with Gasteiger partial charge in [0.2, 0.25) is 10.1 Å². The number of anilines is 2. The summed E-state index contributed by atoms with van der Waals surface area (Å²) in [4.78, 5) is 11.9. The van der Waals surface area contributed by atoms with Gasteiger partial charge in [-0.05, 0) is 24.6 Å². The summed E-state index contributed by atoms with van der Waals surface area (Å²) in [5.41, 5.74) is 0.276. The highest BCUT2D eigenvalue weighted by Crippen LogP contribution is 2.20. The summed E-state index contributed by atoms with van der Waals surface area (Å²) < 4.78 is 13.2. The molecule has 0 unspecified atom stereocenters. The summed E-state index contributed by atoms with van der Waals surface area (Å²) in [5.74, 6) is -0.968. The lowest BCUT2D eigenvalue weighted by atomic mass is 10.3. The smallest absolute Gasteiger partial charge is 0.286 e. The van der Waals surface area contributed by atoms with Crippen LogP contribution in [-0.4, -0.2) is 22.6 Å². The second kappa shape index (κ2) is 6.62. The number of rotatable bonds is 5.